The van der Waals surface area contributed by atoms with Crippen LogP contribution >= 0.6 is 0 Å². The molecule has 70 valence electrons. The fourth-order valence-electron chi connectivity index (χ4n) is 0.851. The van der Waals surface area contributed by atoms with Crippen molar-refractivity contribution in [3.05, 3.63) is 29.8 Å². The van der Waals surface area contributed by atoms with Gasteiger partial charge in [0, 0.05) is 6.92 Å². The quantitative estimate of drug-likeness (QED) is 0.773. The van der Waals surface area contributed by atoms with Gasteiger partial charge in [0.2, 0.25) is 5.91 Å². The molecule has 1 aromatic carbocycles. The maximum absolute atomic E-state index is 11.3. The highest BCUT2D eigenvalue weighted by Crippen LogP contribution is 2.06. The highest BCUT2D eigenvalue weighted by Gasteiger charge is 2.03. The third-order valence-electron chi connectivity index (χ3n) is 1.47. The average molecular weight is 197 g/mol. The number of aryl methyl sites for hydroxylation is 1. The van der Waals surface area contributed by atoms with Gasteiger partial charge in [0.25, 0.3) is 0 Å². The van der Waals surface area contributed by atoms with E-state index in [1.165, 1.54) is 6.92 Å². The number of nitrogens with one attached hydrogen (secondary N) is 1. The van der Waals surface area contributed by atoms with Crippen molar-refractivity contribution >= 4 is 16.9 Å². The summed E-state index contributed by atoms with van der Waals surface area (Å²) in [5.41, 5.74) is 1.10. The molecule has 0 heterocycles. The van der Waals surface area contributed by atoms with Gasteiger partial charge < -0.3 is 0 Å². The van der Waals surface area contributed by atoms with Crippen molar-refractivity contribution < 1.29 is 9.00 Å². The smallest absolute Gasteiger partial charge is 0.228 e. The van der Waals surface area contributed by atoms with Crippen molar-refractivity contribution in [3.63, 3.8) is 0 Å². The van der Waals surface area contributed by atoms with E-state index in [-0.39, 0.29) is 5.91 Å². The Balaban J connectivity index is 2.78. The maximum Gasteiger partial charge on any atom is 0.228 e. The van der Waals surface area contributed by atoms with Crippen LogP contribution < -0.4 is 4.72 Å². The molecule has 1 aromatic rings. The summed E-state index contributed by atoms with van der Waals surface area (Å²) in [7, 11) is -1.42. The molecule has 0 radical (unpaired) electrons. The molecule has 1 atom stereocenters. The van der Waals surface area contributed by atoms with Crippen LogP contribution in [0.1, 0.15) is 12.5 Å². The van der Waals surface area contributed by atoms with Crippen LogP contribution in [0.5, 0.6) is 0 Å². The Morgan fingerprint density at radius 3 is 2.31 bits per heavy atom. The van der Waals surface area contributed by atoms with Crippen molar-refractivity contribution in [2.24, 2.45) is 0 Å². The van der Waals surface area contributed by atoms with Crippen LogP contribution in [0.2, 0.25) is 0 Å². The molecule has 1 unspecified atom stereocenters. The van der Waals surface area contributed by atoms with E-state index in [1.54, 1.807) is 12.1 Å². The molecule has 0 saturated heterocycles. The minimum absolute atomic E-state index is 0.293. The predicted octanol–water partition coefficient (Wildman–Crippen LogP) is 1.15. The largest absolute Gasteiger partial charge is 0.274 e. The van der Waals surface area contributed by atoms with Crippen LogP contribution in [0.4, 0.5) is 0 Å². The van der Waals surface area contributed by atoms with Crippen LogP contribution in [0, 0.1) is 6.92 Å². The van der Waals surface area contributed by atoms with Gasteiger partial charge in [-0.25, -0.2) is 4.21 Å². The fraction of sp³-hybridized carbons (Fsp3) is 0.222. The molecular formula is C9H11NO2S. The van der Waals surface area contributed by atoms with Gasteiger partial charge in [-0.1, -0.05) is 17.7 Å². The molecule has 0 aliphatic rings. The molecule has 13 heavy (non-hydrogen) atoms. The third-order valence-corrected chi connectivity index (χ3v) is 2.64. The Hall–Kier alpha value is -1.16. The van der Waals surface area contributed by atoms with E-state index in [4.69, 9.17) is 0 Å². The third kappa shape index (κ3) is 2.99. The molecule has 1 rings (SSSR count). The van der Waals surface area contributed by atoms with Crippen LogP contribution in [0.15, 0.2) is 29.2 Å². The maximum atomic E-state index is 11.3. The van der Waals surface area contributed by atoms with E-state index >= 15 is 0 Å². The van der Waals surface area contributed by atoms with Crippen molar-refractivity contribution in [1.82, 2.24) is 4.72 Å². The Morgan fingerprint density at radius 1 is 1.31 bits per heavy atom. The lowest BCUT2D eigenvalue weighted by Gasteiger charge is -2.01. The number of rotatable bonds is 2. The van der Waals surface area contributed by atoms with Gasteiger partial charge >= 0.3 is 0 Å². The zero-order valence-electron chi connectivity index (χ0n) is 7.53. The van der Waals surface area contributed by atoms with Crippen molar-refractivity contribution in [2.75, 3.05) is 0 Å². The number of carbonyl (C=O) groups is 1. The zero-order valence-corrected chi connectivity index (χ0v) is 8.35. The Bertz CT molecular complexity index is 332. The lowest BCUT2D eigenvalue weighted by Crippen LogP contribution is -2.22. The molecule has 0 saturated carbocycles. The molecule has 0 spiro atoms. The van der Waals surface area contributed by atoms with Gasteiger partial charge in [0.1, 0.15) is 0 Å². The molecule has 0 aliphatic carbocycles. The lowest BCUT2D eigenvalue weighted by atomic mass is 10.2. The standard InChI is InChI=1S/C9H11NO2S/c1-7-3-5-9(6-4-7)13(12)10-8(2)11/h3-6H,1-2H3,(H,10,11). The summed E-state index contributed by atoms with van der Waals surface area (Å²) in [5.74, 6) is -0.293. The zero-order chi connectivity index (χ0) is 9.84. The molecule has 1 N–H and O–H groups in total. The molecule has 1 amide bonds. The summed E-state index contributed by atoms with van der Waals surface area (Å²) >= 11 is 0. The molecular weight excluding hydrogens is 186 g/mol. The lowest BCUT2D eigenvalue weighted by molar-refractivity contribution is -0.117. The van der Waals surface area contributed by atoms with E-state index in [1.807, 2.05) is 19.1 Å². The highest BCUT2D eigenvalue weighted by atomic mass is 32.2. The van der Waals surface area contributed by atoms with Crippen molar-refractivity contribution in [2.45, 2.75) is 18.7 Å². The first-order valence-corrected chi connectivity index (χ1v) is 5.00. The first kappa shape index (κ1) is 9.92. The minimum atomic E-state index is -1.42. The monoisotopic (exact) mass is 197 g/mol. The van der Waals surface area contributed by atoms with Crippen molar-refractivity contribution in [3.8, 4) is 0 Å². The predicted molar refractivity (Wildman–Crippen MR) is 51.4 cm³/mol. The topological polar surface area (TPSA) is 46.2 Å². The average Bonchev–Trinajstić information content (AvgIpc) is 2.04. The fourth-order valence-corrected chi connectivity index (χ4v) is 1.61. The molecule has 0 bridgehead atoms. The number of hydrogen-bond acceptors (Lipinski definition) is 2. The molecule has 0 aromatic heterocycles. The van der Waals surface area contributed by atoms with Gasteiger partial charge in [-0.3, -0.25) is 9.52 Å². The molecule has 3 nitrogen and oxygen atoms in total. The first-order chi connectivity index (χ1) is 6.09. The van der Waals surface area contributed by atoms with Crippen LogP contribution in [0.3, 0.4) is 0 Å². The molecule has 0 fully saturated rings. The Morgan fingerprint density at radius 2 is 1.85 bits per heavy atom. The summed E-state index contributed by atoms with van der Waals surface area (Å²) in [6.45, 7) is 3.29. The summed E-state index contributed by atoms with van der Waals surface area (Å²) < 4.78 is 13.7. The number of hydrogen-bond donors (Lipinski definition) is 1. The van der Waals surface area contributed by atoms with E-state index in [0.717, 1.165) is 5.56 Å². The number of amides is 1. The van der Waals surface area contributed by atoms with Crippen molar-refractivity contribution in [1.29, 1.82) is 0 Å². The van der Waals surface area contributed by atoms with E-state index in [0.29, 0.717) is 4.90 Å². The highest BCUT2D eigenvalue weighted by molar-refractivity contribution is 7.83. The summed E-state index contributed by atoms with van der Waals surface area (Å²) in [6, 6.07) is 7.19. The van der Waals surface area contributed by atoms with Gasteiger partial charge in [-0.2, -0.15) is 0 Å². The first-order valence-electron chi connectivity index (χ1n) is 3.85. The SMILES string of the molecule is CC(=O)NS(=O)c1ccc(C)cc1. The van der Waals surface area contributed by atoms with Crippen LogP contribution in [-0.4, -0.2) is 10.1 Å². The van der Waals surface area contributed by atoms with Crippen LogP contribution in [0.25, 0.3) is 0 Å². The Kier molecular flexibility index (Phi) is 3.19. The number of carbonyl (C=O) groups excluding carboxylic acids is 1. The second-order valence-corrected chi connectivity index (χ2v) is 3.95. The second-order valence-electron chi connectivity index (χ2n) is 2.74. The minimum Gasteiger partial charge on any atom is -0.274 e. The van der Waals surface area contributed by atoms with E-state index in [9.17, 15) is 9.00 Å². The summed E-state index contributed by atoms with van der Waals surface area (Å²) in [4.78, 5) is 11.2. The normalized spacial score (nSPS) is 12.2. The van der Waals surface area contributed by atoms with E-state index in [2.05, 4.69) is 4.72 Å². The second kappa shape index (κ2) is 4.18. The summed E-state index contributed by atoms with van der Waals surface area (Å²) in [6.07, 6.45) is 0. The molecule has 4 heteroatoms. The molecule has 0 aliphatic heterocycles. The van der Waals surface area contributed by atoms with Gasteiger partial charge in [0.05, 0.1) is 4.90 Å². The van der Waals surface area contributed by atoms with Crippen LogP contribution in [-0.2, 0) is 15.8 Å². The van der Waals surface area contributed by atoms with Gasteiger partial charge in [-0.15, -0.1) is 0 Å². The van der Waals surface area contributed by atoms with E-state index < -0.39 is 11.0 Å². The summed E-state index contributed by atoms with van der Waals surface area (Å²) in [5, 5.41) is 0. The number of benzene rings is 1. The Labute approximate surface area is 79.7 Å². The van der Waals surface area contributed by atoms with Gasteiger partial charge in [-0.05, 0) is 19.1 Å². The van der Waals surface area contributed by atoms with Gasteiger partial charge in [0.15, 0.2) is 11.0 Å².